The Balaban J connectivity index is 1.69. The maximum Gasteiger partial charge on any atom is 0.220 e. The van der Waals surface area contributed by atoms with Crippen molar-refractivity contribution in [2.75, 3.05) is 13.2 Å². The summed E-state index contributed by atoms with van der Waals surface area (Å²) in [5.74, 6) is 0.695. The number of nitrogens with one attached hydrogen (secondary N) is 1. The largest absolute Gasteiger partial charge is 0.378 e. The van der Waals surface area contributed by atoms with Crippen molar-refractivity contribution in [2.24, 2.45) is 11.7 Å². The molecule has 0 heterocycles. The van der Waals surface area contributed by atoms with Gasteiger partial charge in [0.25, 0.3) is 0 Å². The number of hydrogen-bond donors (Lipinski definition) is 2. The number of hydrogen-bond acceptors (Lipinski definition) is 3. The van der Waals surface area contributed by atoms with Crippen molar-refractivity contribution < 1.29 is 9.53 Å². The van der Waals surface area contributed by atoms with Crippen LogP contribution in [-0.4, -0.2) is 30.7 Å². The number of carbonyl (C=O) groups excluding carboxylic acids is 1. The predicted octanol–water partition coefficient (Wildman–Crippen LogP) is 1.58. The molecule has 0 bridgehead atoms. The van der Waals surface area contributed by atoms with Crippen LogP contribution in [0.15, 0.2) is 0 Å². The fourth-order valence-electron chi connectivity index (χ4n) is 3.25. The van der Waals surface area contributed by atoms with Crippen molar-refractivity contribution in [2.45, 2.75) is 63.5 Å². The number of ether oxygens (including phenoxy) is 1. The van der Waals surface area contributed by atoms with Gasteiger partial charge in [0.2, 0.25) is 5.91 Å². The molecule has 0 aromatic rings. The second kappa shape index (κ2) is 6.02. The highest BCUT2D eigenvalue weighted by molar-refractivity contribution is 5.77. The molecule has 4 nitrogen and oxygen atoms in total. The van der Waals surface area contributed by atoms with Crippen molar-refractivity contribution in [3.8, 4) is 0 Å². The summed E-state index contributed by atoms with van der Waals surface area (Å²) in [6, 6.07) is 0. The fourth-order valence-corrected chi connectivity index (χ4v) is 3.25. The molecule has 104 valence electrons. The summed E-state index contributed by atoms with van der Waals surface area (Å²) in [5, 5.41) is 3.18. The highest BCUT2D eigenvalue weighted by atomic mass is 16.5. The van der Waals surface area contributed by atoms with E-state index in [9.17, 15) is 4.79 Å². The number of amides is 1. The van der Waals surface area contributed by atoms with Gasteiger partial charge in [-0.3, -0.25) is 4.79 Å². The van der Waals surface area contributed by atoms with Crippen LogP contribution in [0.3, 0.4) is 0 Å². The molecule has 0 unspecified atom stereocenters. The lowest BCUT2D eigenvalue weighted by molar-refractivity contribution is -0.126. The van der Waals surface area contributed by atoms with E-state index in [0.717, 1.165) is 32.3 Å². The Morgan fingerprint density at radius 3 is 2.61 bits per heavy atom. The Morgan fingerprint density at radius 2 is 2.06 bits per heavy atom. The second-order valence-electron chi connectivity index (χ2n) is 5.86. The van der Waals surface area contributed by atoms with Crippen molar-refractivity contribution in [3.05, 3.63) is 0 Å². The lowest BCUT2D eigenvalue weighted by Crippen LogP contribution is -2.52. The summed E-state index contributed by atoms with van der Waals surface area (Å²) in [4.78, 5) is 12.0. The SMILES string of the molecule is CCOC1CC(CC(=O)NC2(CN)CCCC2)C1. The molecule has 1 amide bonds. The molecule has 2 saturated carbocycles. The smallest absolute Gasteiger partial charge is 0.220 e. The molecular weight excluding hydrogens is 228 g/mol. The van der Waals surface area contributed by atoms with Gasteiger partial charge in [0, 0.05) is 19.6 Å². The number of carbonyl (C=O) groups is 1. The van der Waals surface area contributed by atoms with Crippen molar-refractivity contribution in [1.82, 2.24) is 5.32 Å². The van der Waals surface area contributed by atoms with Crippen LogP contribution in [0.5, 0.6) is 0 Å². The molecule has 0 spiro atoms. The Morgan fingerprint density at radius 1 is 1.39 bits per heavy atom. The van der Waals surface area contributed by atoms with Crippen LogP contribution < -0.4 is 11.1 Å². The Hall–Kier alpha value is -0.610. The molecule has 0 aliphatic heterocycles. The zero-order chi connectivity index (χ0) is 13.0. The molecule has 2 rings (SSSR count). The zero-order valence-corrected chi connectivity index (χ0v) is 11.4. The second-order valence-corrected chi connectivity index (χ2v) is 5.86. The maximum absolute atomic E-state index is 12.0. The highest BCUT2D eigenvalue weighted by Gasteiger charge is 2.36. The molecule has 0 aromatic carbocycles. The van der Waals surface area contributed by atoms with Crippen LogP contribution in [0.25, 0.3) is 0 Å². The number of nitrogens with two attached hydrogens (primary N) is 1. The molecule has 2 aliphatic carbocycles. The van der Waals surface area contributed by atoms with E-state index in [-0.39, 0.29) is 11.4 Å². The summed E-state index contributed by atoms with van der Waals surface area (Å²) in [6.45, 7) is 3.37. The van der Waals surface area contributed by atoms with Crippen LogP contribution in [0.4, 0.5) is 0 Å². The van der Waals surface area contributed by atoms with Crippen molar-refractivity contribution in [1.29, 1.82) is 0 Å². The molecule has 0 saturated heterocycles. The summed E-state index contributed by atoms with van der Waals surface area (Å²) in [6.07, 6.45) is 7.57. The van der Waals surface area contributed by atoms with Crippen molar-refractivity contribution >= 4 is 5.91 Å². The quantitative estimate of drug-likeness (QED) is 0.756. The lowest BCUT2D eigenvalue weighted by atomic mass is 9.79. The van der Waals surface area contributed by atoms with Gasteiger partial charge in [0.1, 0.15) is 0 Å². The Kier molecular flexibility index (Phi) is 4.62. The minimum atomic E-state index is -0.0971. The lowest BCUT2D eigenvalue weighted by Gasteiger charge is -2.36. The van der Waals surface area contributed by atoms with Gasteiger partial charge in [-0.1, -0.05) is 12.8 Å². The van der Waals surface area contributed by atoms with E-state index in [1.807, 2.05) is 6.92 Å². The summed E-state index contributed by atoms with van der Waals surface area (Å²) in [7, 11) is 0. The van der Waals surface area contributed by atoms with Gasteiger partial charge in [0.15, 0.2) is 0 Å². The first-order chi connectivity index (χ1) is 8.67. The van der Waals surface area contributed by atoms with Crippen LogP contribution in [0, 0.1) is 5.92 Å². The van der Waals surface area contributed by atoms with Gasteiger partial charge in [-0.2, -0.15) is 0 Å². The first-order valence-corrected chi connectivity index (χ1v) is 7.30. The highest BCUT2D eigenvalue weighted by Crippen LogP contribution is 2.33. The standard InChI is InChI=1S/C14H26N2O2/c1-2-18-12-7-11(8-12)9-13(17)16-14(10-15)5-3-4-6-14/h11-12H,2-10,15H2,1H3,(H,16,17). The van der Waals surface area contributed by atoms with Crippen LogP contribution in [-0.2, 0) is 9.53 Å². The third-order valence-corrected chi connectivity index (χ3v) is 4.42. The van der Waals surface area contributed by atoms with Gasteiger partial charge in [0.05, 0.1) is 11.6 Å². The molecule has 3 N–H and O–H groups in total. The first kappa shape index (κ1) is 13.8. The molecule has 2 aliphatic rings. The summed E-state index contributed by atoms with van der Waals surface area (Å²) >= 11 is 0. The normalized spacial score (nSPS) is 29.9. The van der Waals surface area contributed by atoms with Crippen LogP contribution >= 0.6 is 0 Å². The predicted molar refractivity (Wildman–Crippen MR) is 71.2 cm³/mol. The molecule has 18 heavy (non-hydrogen) atoms. The van der Waals surface area contributed by atoms with E-state index < -0.39 is 0 Å². The van der Waals surface area contributed by atoms with Crippen LogP contribution in [0.1, 0.15) is 51.9 Å². The summed E-state index contributed by atoms with van der Waals surface area (Å²) < 4.78 is 5.51. The van der Waals surface area contributed by atoms with Gasteiger partial charge >= 0.3 is 0 Å². The van der Waals surface area contributed by atoms with Crippen LogP contribution in [0.2, 0.25) is 0 Å². The Labute approximate surface area is 110 Å². The number of rotatable bonds is 6. The van der Waals surface area contributed by atoms with Gasteiger partial charge in [-0.15, -0.1) is 0 Å². The first-order valence-electron chi connectivity index (χ1n) is 7.30. The average Bonchev–Trinajstić information content (AvgIpc) is 2.75. The van der Waals surface area contributed by atoms with E-state index >= 15 is 0 Å². The third kappa shape index (κ3) is 3.23. The third-order valence-electron chi connectivity index (χ3n) is 4.42. The topological polar surface area (TPSA) is 64.3 Å². The van der Waals surface area contributed by atoms with Gasteiger partial charge in [-0.25, -0.2) is 0 Å². The average molecular weight is 254 g/mol. The monoisotopic (exact) mass is 254 g/mol. The van der Waals surface area contributed by atoms with Gasteiger partial charge in [-0.05, 0) is 38.5 Å². The van der Waals surface area contributed by atoms with Gasteiger partial charge < -0.3 is 15.8 Å². The fraction of sp³-hybridized carbons (Fsp3) is 0.929. The minimum Gasteiger partial charge on any atom is -0.378 e. The van der Waals surface area contributed by atoms with Crippen molar-refractivity contribution in [3.63, 3.8) is 0 Å². The molecule has 0 atom stereocenters. The van der Waals surface area contributed by atoms with E-state index in [1.165, 1.54) is 12.8 Å². The van der Waals surface area contributed by atoms with E-state index in [4.69, 9.17) is 10.5 Å². The molecule has 2 fully saturated rings. The maximum atomic E-state index is 12.0. The molecule has 0 radical (unpaired) electrons. The molecule has 0 aromatic heterocycles. The van der Waals surface area contributed by atoms with E-state index in [0.29, 0.717) is 25.0 Å². The molecule has 4 heteroatoms. The molecular formula is C14H26N2O2. The zero-order valence-electron chi connectivity index (χ0n) is 11.4. The minimum absolute atomic E-state index is 0.0971. The summed E-state index contributed by atoms with van der Waals surface area (Å²) in [5.41, 5.74) is 5.72. The van der Waals surface area contributed by atoms with E-state index in [2.05, 4.69) is 5.32 Å². The Bertz CT molecular complexity index is 282. The van der Waals surface area contributed by atoms with E-state index in [1.54, 1.807) is 0 Å².